The Labute approximate surface area is 192 Å². The van der Waals surface area contributed by atoms with Crippen molar-refractivity contribution in [3.63, 3.8) is 0 Å². The number of benzene rings is 3. The first-order chi connectivity index (χ1) is 16.2. The van der Waals surface area contributed by atoms with Crippen molar-refractivity contribution in [2.75, 3.05) is 0 Å². The molecule has 5 heteroatoms. The highest BCUT2D eigenvalue weighted by Crippen LogP contribution is 2.35. The Morgan fingerprint density at radius 1 is 0.909 bits per heavy atom. The summed E-state index contributed by atoms with van der Waals surface area (Å²) in [6.07, 6.45) is 6.93. The molecule has 1 unspecified atom stereocenters. The van der Waals surface area contributed by atoms with Crippen LogP contribution in [-0.4, -0.2) is 14.5 Å². The lowest BCUT2D eigenvalue weighted by Gasteiger charge is -2.20. The second-order valence-electron chi connectivity index (χ2n) is 7.93. The summed E-state index contributed by atoms with van der Waals surface area (Å²) >= 11 is 0. The number of ether oxygens (including phenoxy) is 1. The molecule has 0 amide bonds. The number of rotatable bonds is 6. The van der Waals surface area contributed by atoms with Gasteiger partial charge in [-0.25, -0.2) is 4.98 Å². The van der Waals surface area contributed by atoms with E-state index in [-0.39, 0.29) is 6.10 Å². The molecule has 2 aromatic heterocycles. The molecule has 3 aromatic carbocycles. The second kappa shape index (κ2) is 9.07. The van der Waals surface area contributed by atoms with E-state index in [1.54, 1.807) is 6.33 Å². The summed E-state index contributed by atoms with van der Waals surface area (Å²) in [5.74, 6) is 0. The quantitative estimate of drug-likeness (QED) is 0.341. The zero-order valence-electron chi connectivity index (χ0n) is 18.2. The van der Waals surface area contributed by atoms with Crippen molar-refractivity contribution in [1.29, 1.82) is 5.26 Å². The maximum absolute atomic E-state index is 9.85. The van der Waals surface area contributed by atoms with Gasteiger partial charge in [-0.1, -0.05) is 60.7 Å². The number of fused-ring (bicyclic) bond motifs is 1. The van der Waals surface area contributed by atoms with Gasteiger partial charge in [-0.05, 0) is 28.6 Å². The molecule has 0 saturated carbocycles. The van der Waals surface area contributed by atoms with Crippen molar-refractivity contribution in [3.8, 4) is 17.2 Å². The SMILES string of the molecule is Cn1cncc1C(OCc1ccccc1)c1ccc(C#N)c(-c2cncc3ccccc23)c1. The summed E-state index contributed by atoms with van der Waals surface area (Å²) in [4.78, 5) is 8.72. The highest BCUT2D eigenvalue weighted by molar-refractivity contribution is 5.97. The van der Waals surface area contributed by atoms with Gasteiger partial charge >= 0.3 is 0 Å². The molecule has 0 aliphatic heterocycles. The Balaban J connectivity index is 1.62. The van der Waals surface area contributed by atoms with Gasteiger partial charge in [-0.15, -0.1) is 0 Å². The largest absolute Gasteiger partial charge is 0.363 e. The highest BCUT2D eigenvalue weighted by Gasteiger charge is 2.21. The number of nitrogens with zero attached hydrogens (tertiary/aromatic N) is 4. The van der Waals surface area contributed by atoms with Gasteiger partial charge in [0, 0.05) is 36.0 Å². The first-order valence-electron chi connectivity index (χ1n) is 10.7. The maximum atomic E-state index is 9.85. The van der Waals surface area contributed by atoms with Crippen LogP contribution in [0.4, 0.5) is 0 Å². The number of hydrogen-bond donors (Lipinski definition) is 0. The molecule has 33 heavy (non-hydrogen) atoms. The van der Waals surface area contributed by atoms with Crippen LogP contribution in [0.2, 0.25) is 0 Å². The van der Waals surface area contributed by atoms with Gasteiger partial charge in [0.15, 0.2) is 0 Å². The zero-order chi connectivity index (χ0) is 22.6. The average Bonchev–Trinajstić information content (AvgIpc) is 3.30. The van der Waals surface area contributed by atoms with Gasteiger partial charge in [0.25, 0.3) is 0 Å². The molecule has 5 rings (SSSR count). The predicted molar refractivity (Wildman–Crippen MR) is 128 cm³/mol. The van der Waals surface area contributed by atoms with E-state index in [9.17, 15) is 5.26 Å². The van der Waals surface area contributed by atoms with Gasteiger partial charge in [0.2, 0.25) is 0 Å². The third-order valence-electron chi connectivity index (χ3n) is 5.81. The van der Waals surface area contributed by atoms with E-state index in [0.29, 0.717) is 12.2 Å². The summed E-state index contributed by atoms with van der Waals surface area (Å²) < 4.78 is 8.40. The maximum Gasteiger partial charge on any atom is 0.124 e. The van der Waals surface area contributed by atoms with Crippen LogP contribution in [0, 0.1) is 11.3 Å². The monoisotopic (exact) mass is 430 g/mol. The van der Waals surface area contributed by atoms with Crippen LogP contribution in [0.1, 0.15) is 28.5 Å². The zero-order valence-corrected chi connectivity index (χ0v) is 18.2. The first-order valence-corrected chi connectivity index (χ1v) is 10.7. The van der Waals surface area contributed by atoms with Crippen molar-refractivity contribution in [1.82, 2.24) is 14.5 Å². The topological polar surface area (TPSA) is 63.7 Å². The molecule has 5 nitrogen and oxygen atoms in total. The molecule has 0 spiro atoms. The van der Waals surface area contributed by atoms with E-state index in [4.69, 9.17) is 4.74 Å². The van der Waals surface area contributed by atoms with Gasteiger partial charge in [0.05, 0.1) is 36.5 Å². The highest BCUT2D eigenvalue weighted by atomic mass is 16.5. The summed E-state index contributed by atoms with van der Waals surface area (Å²) in [7, 11) is 1.96. The minimum Gasteiger partial charge on any atom is -0.363 e. The second-order valence-corrected chi connectivity index (χ2v) is 7.93. The molecule has 0 fully saturated rings. The molecule has 0 aliphatic rings. The smallest absolute Gasteiger partial charge is 0.124 e. The molecule has 0 N–H and O–H groups in total. The molecule has 1 atom stereocenters. The average molecular weight is 431 g/mol. The van der Waals surface area contributed by atoms with Crippen LogP contribution in [0.3, 0.4) is 0 Å². The molecular weight excluding hydrogens is 408 g/mol. The molecule has 2 heterocycles. The summed E-state index contributed by atoms with van der Waals surface area (Å²) in [5.41, 5.74) is 5.36. The van der Waals surface area contributed by atoms with E-state index < -0.39 is 0 Å². The van der Waals surface area contributed by atoms with Gasteiger partial charge in [-0.2, -0.15) is 5.26 Å². The standard InChI is InChI=1S/C28H22N4O/c1-32-19-31-17-27(32)28(33-18-20-7-3-2-4-8-20)21-11-12-22(14-29)25(13-21)26-16-30-15-23-9-5-6-10-24(23)26/h2-13,15-17,19,28H,18H2,1H3. The molecule has 0 radical (unpaired) electrons. The normalized spacial score (nSPS) is 11.9. The van der Waals surface area contributed by atoms with E-state index in [1.807, 2.05) is 96.9 Å². The molecular formula is C28H22N4O. The van der Waals surface area contributed by atoms with Crippen molar-refractivity contribution in [2.24, 2.45) is 7.05 Å². The van der Waals surface area contributed by atoms with Gasteiger partial charge in [0.1, 0.15) is 6.10 Å². The van der Waals surface area contributed by atoms with Crippen molar-refractivity contribution >= 4 is 10.8 Å². The van der Waals surface area contributed by atoms with Crippen LogP contribution in [-0.2, 0) is 18.4 Å². The lowest BCUT2D eigenvalue weighted by atomic mass is 9.93. The Hall–Kier alpha value is -4.27. The number of pyridine rings is 1. The van der Waals surface area contributed by atoms with E-state index in [1.165, 1.54) is 0 Å². The summed E-state index contributed by atoms with van der Waals surface area (Å²) in [6.45, 7) is 0.460. The molecule has 0 bridgehead atoms. The fourth-order valence-corrected chi connectivity index (χ4v) is 4.10. The van der Waals surface area contributed by atoms with Crippen LogP contribution in [0.15, 0.2) is 97.7 Å². The van der Waals surface area contributed by atoms with Crippen LogP contribution < -0.4 is 0 Å². The Morgan fingerprint density at radius 3 is 2.52 bits per heavy atom. The third-order valence-corrected chi connectivity index (χ3v) is 5.81. The number of imidazole rings is 1. The van der Waals surface area contributed by atoms with E-state index in [2.05, 4.69) is 22.1 Å². The number of hydrogen-bond acceptors (Lipinski definition) is 4. The van der Waals surface area contributed by atoms with Crippen LogP contribution in [0.25, 0.3) is 21.9 Å². The Bertz CT molecular complexity index is 1440. The van der Waals surface area contributed by atoms with Crippen molar-refractivity contribution in [3.05, 3.63) is 120 Å². The predicted octanol–water partition coefficient (Wildman–Crippen LogP) is 5.81. The van der Waals surface area contributed by atoms with Gasteiger partial charge in [-0.3, -0.25) is 4.98 Å². The van der Waals surface area contributed by atoms with E-state index >= 15 is 0 Å². The lowest BCUT2D eigenvalue weighted by Crippen LogP contribution is -2.11. The van der Waals surface area contributed by atoms with E-state index in [0.717, 1.165) is 38.7 Å². The summed E-state index contributed by atoms with van der Waals surface area (Å²) in [6, 6.07) is 26.4. The van der Waals surface area contributed by atoms with Gasteiger partial charge < -0.3 is 9.30 Å². The van der Waals surface area contributed by atoms with Crippen molar-refractivity contribution < 1.29 is 4.74 Å². The minimum absolute atomic E-state index is 0.341. The number of nitriles is 1. The number of aromatic nitrogens is 3. The van der Waals surface area contributed by atoms with Crippen molar-refractivity contribution in [2.45, 2.75) is 12.7 Å². The minimum atomic E-state index is -0.341. The fraction of sp³-hybridized carbons (Fsp3) is 0.107. The molecule has 0 aliphatic carbocycles. The Morgan fingerprint density at radius 2 is 1.73 bits per heavy atom. The first kappa shape index (κ1) is 20.6. The third kappa shape index (κ3) is 4.12. The van der Waals surface area contributed by atoms with Crippen LogP contribution in [0.5, 0.6) is 0 Å². The van der Waals surface area contributed by atoms with Crippen LogP contribution >= 0.6 is 0 Å². The molecule has 160 valence electrons. The Kier molecular flexibility index (Phi) is 5.67. The molecule has 5 aromatic rings. The molecule has 0 saturated heterocycles. The fourth-order valence-electron chi connectivity index (χ4n) is 4.10. The summed E-state index contributed by atoms with van der Waals surface area (Å²) in [5, 5.41) is 11.9. The number of aryl methyl sites for hydroxylation is 1. The lowest BCUT2D eigenvalue weighted by molar-refractivity contribution is 0.0622.